The van der Waals surface area contributed by atoms with Crippen LogP contribution in [0.1, 0.15) is 18.2 Å². The van der Waals surface area contributed by atoms with E-state index in [1.54, 1.807) is 11.4 Å². The highest BCUT2D eigenvalue weighted by Crippen LogP contribution is 2.18. The van der Waals surface area contributed by atoms with Gasteiger partial charge in [0, 0.05) is 30.5 Å². The van der Waals surface area contributed by atoms with Crippen molar-refractivity contribution in [2.45, 2.75) is 24.8 Å². The summed E-state index contributed by atoms with van der Waals surface area (Å²) in [5, 5.41) is 4.91. The molecule has 0 aliphatic heterocycles. The monoisotopic (exact) mass is 292 g/mol. The Morgan fingerprint density at radius 1 is 1.39 bits per heavy atom. The number of methoxy groups -OCH3 is 1. The van der Waals surface area contributed by atoms with Gasteiger partial charge in [0.05, 0.1) is 11.5 Å². The highest BCUT2D eigenvalue weighted by molar-refractivity contribution is 7.89. The van der Waals surface area contributed by atoms with E-state index in [0.29, 0.717) is 18.0 Å². The predicted octanol–water partition coefficient (Wildman–Crippen LogP) is 1.17. The lowest BCUT2D eigenvalue weighted by atomic mass is 10.4. The van der Waals surface area contributed by atoms with Gasteiger partial charge in [0.1, 0.15) is 0 Å². The van der Waals surface area contributed by atoms with Crippen LogP contribution in [0.3, 0.4) is 0 Å². The lowest BCUT2D eigenvalue weighted by molar-refractivity contribution is 0.204. The van der Waals surface area contributed by atoms with E-state index in [9.17, 15) is 8.42 Å². The van der Waals surface area contributed by atoms with Gasteiger partial charge in [-0.2, -0.15) is 0 Å². The molecule has 2 N–H and O–H groups in total. The van der Waals surface area contributed by atoms with Crippen molar-refractivity contribution in [2.24, 2.45) is 0 Å². The number of sulfonamides is 1. The third-order valence-corrected chi connectivity index (χ3v) is 4.79. The summed E-state index contributed by atoms with van der Waals surface area (Å²) in [7, 11) is -1.85. The van der Waals surface area contributed by atoms with Gasteiger partial charge in [0.25, 0.3) is 0 Å². The van der Waals surface area contributed by atoms with Crippen molar-refractivity contribution < 1.29 is 13.2 Å². The zero-order valence-electron chi connectivity index (χ0n) is 10.7. The predicted molar refractivity (Wildman–Crippen MR) is 73.4 cm³/mol. The Kier molecular flexibility index (Phi) is 6.80. The Labute approximate surface area is 113 Å². The molecule has 0 amide bonds. The standard InChI is InChI=1S/C11H20N2O3S2/c1-3-4-12-8-10-7-11(9-17-10)18(14,15)13-5-6-16-2/h7,9,12-13H,3-6,8H2,1-2H3. The number of rotatable bonds is 9. The van der Waals surface area contributed by atoms with Crippen molar-refractivity contribution >= 4 is 21.4 Å². The van der Waals surface area contributed by atoms with Gasteiger partial charge in [-0.3, -0.25) is 0 Å². The first kappa shape index (κ1) is 15.6. The topological polar surface area (TPSA) is 67.4 Å². The molecule has 0 unspecified atom stereocenters. The largest absolute Gasteiger partial charge is 0.383 e. The summed E-state index contributed by atoms with van der Waals surface area (Å²) >= 11 is 1.45. The number of hydrogen-bond donors (Lipinski definition) is 2. The van der Waals surface area contributed by atoms with Crippen molar-refractivity contribution in [3.63, 3.8) is 0 Å². The normalized spacial score (nSPS) is 11.9. The molecule has 0 saturated carbocycles. The maximum atomic E-state index is 11.9. The first-order valence-electron chi connectivity index (χ1n) is 5.87. The highest BCUT2D eigenvalue weighted by atomic mass is 32.2. The Morgan fingerprint density at radius 3 is 2.83 bits per heavy atom. The fraction of sp³-hybridized carbons (Fsp3) is 0.636. The molecule has 7 heteroatoms. The minimum absolute atomic E-state index is 0.290. The van der Waals surface area contributed by atoms with Gasteiger partial charge < -0.3 is 10.1 Å². The average Bonchev–Trinajstić information content (AvgIpc) is 2.79. The van der Waals surface area contributed by atoms with E-state index in [1.807, 2.05) is 0 Å². The van der Waals surface area contributed by atoms with Gasteiger partial charge in [-0.1, -0.05) is 6.92 Å². The Bertz CT molecular complexity index is 443. The van der Waals surface area contributed by atoms with Gasteiger partial charge in [0.15, 0.2) is 0 Å². The lowest BCUT2D eigenvalue weighted by Crippen LogP contribution is -2.26. The van der Waals surface area contributed by atoms with Crippen LogP contribution in [0.5, 0.6) is 0 Å². The summed E-state index contributed by atoms with van der Waals surface area (Å²) in [6, 6.07) is 1.71. The zero-order chi connectivity index (χ0) is 13.4. The molecule has 0 fully saturated rings. The van der Waals surface area contributed by atoms with E-state index in [0.717, 1.165) is 17.8 Å². The van der Waals surface area contributed by atoms with E-state index >= 15 is 0 Å². The molecule has 0 atom stereocenters. The molecule has 0 spiro atoms. The number of ether oxygens (including phenoxy) is 1. The summed E-state index contributed by atoms with van der Waals surface area (Å²) in [5.41, 5.74) is 0. The fourth-order valence-electron chi connectivity index (χ4n) is 1.34. The second-order valence-electron chi connectivity index (χ2n) is 3.82. The molecule has 1 aromatic heterocycles. The minimum Gasteiger partial charge on any atom is -0.383 e. The summed E-state index contributed by atoms with van der Waals surface area (Å²) in [5.74, 6) is 0. The lowest BCUT2D eigenvalue weighted by Gasteiger charge is -2.03. The van der Waals surface area contributed by atoms with Crippen LogP contribution < -0.4 is 10.0 Å². The molecule has 1 aromatic rings. The molecule has 0 saturated heterocycles. The molecular weight excluding hydrogens is 272 g/mol. The Morgan fingerprint density at radius 2 is 2.17 bits per heavy atom. The zero-order valence-corrected chi connectivity index (χ0v) is 12.4. The molecular formula is C11H20N2O3S2. The van der Waals surface area contributed by atoms with Crippen molar-refractivity contribution in [3.8, 4) is 0 Å². The average molecular weight is 292 g/mol. The second kappa shape index (κ2) is 7.85. The van der Waals surface area contributed by atoms with Crippen molar-refractivity contribution in [1.82, 2.24) is 10.0 Å². The molecule has 0 aromatic carbocycles. The van der Waals surface area contributed by atoms with Gasteiger partial charge in [-0.05, 0) is 19.0 Å². The molecule has 0 radical (unpaired) electrons. The summed E-state index contributed by atoms with van der Waals surface area (Å²) < 4.78 is 31.0. The quantitative estimate of drug-likeness (QED) is 0.671. The summed E-state index contributed by atoms with van der Waals surface area (Å²) in [4.78, 5) is 1.35. The van der Waals surface area contributed by atoms with Crippen molar-refractivity contribution in [3.05, 3.63) is 16.3 Å². The molecule has 0 aliphatic rings. The van der Waals surface area contributed by atoms with Crippen LogP contribution in [0.4, 0.5) is 0 Å². The first-order chi connectivity index (χ1) is 8.60. The van der Waals surface area contributed by atoms with Gasteiger partial charge in [-0.15, -0.1) is 11.3 Å². The van der Waals surface area contributed by atoms with Crippen LogP contribution in [0.25, 0.3) is 0 Å². The Balaban J connectivity index is 2.55. The molecule has 104 valence electrons. The molecule has 0 bridgehead atoms. The van der Waals surface area contributed by atoms with Crippen LogP contribution in [-0.4, -0.2) is 35.2 Å². The fourth-order valence-corrected chi connectivity index (χ4v) is 3.60. The van der Waals surface area contributed by atoms with E-state index in [-0.39, 0.29) is 6.54 Å². The summed E-state index contributed by atoms with van der Waals surface area (Å²) in [6.45, 7) is 4.40. The van der Waals surface area contributed by atoms with Crippen molar-refractivity contribution in [1.29, 1.82) is 0 Å². The minimum atomic E-state index is -3.39. The van der Waals surface area contributed by atoms with Gasteiger partial charge in [0.2, 0.25) is 10.0 Å². The smallest absolute Gasteiger partial charge is 0.241 e. The second-order valence-corrected chi connectivity index (χ2v) is 6.58. The first-order valence-corrected chi connectivity index (χ1v) is 8.23. The van der Waals surface area contributed by atoms with Gasteiger partial charge in [-0.25, -0.2) is 13.1 Å². The van der Waals surface area contributed by atoms with Crippen LogP contribution in [0.2, 0.25) is 0 Å². The molecule has 0 aliphatic carbocycles. The van der Waals surface area contributed by atoms with E-state index in [2.05, 4.69) is 17.0 Å². The van der Waals surface area contributed by atoms with Crippen molar-refractivity contribution in [2.75, 3.05) is 26.8 Å². The molecule has 1 rings (SSSR count). The SMILES string of the molecule is CCCNCc1cc(S(=O)(=O)NCCOC)cs1. The molecule has 1 heterocycles. The van der Waals surface area contributed by atoms with Crippen LogP contribution in [-0.2, 0) is 21.3 Å². The Hall–Kier alpha value is -0.470. The van der Waals surface area contributed by atoms with Crippen LogP contribution in [0.15, 0.2) is 16.3 Å². The number of nitrogens with one attached hydrogen (secondary N) is 2. The molecule has 18 heavy (non-hydrogen) atoms. The van der Waals surface area contributed by atoms with Gasteiger partial charge >= 0.3 is 0 Å². The molecule has 5 nitrogen and oxygen atoms in total. The maximum absolute atomic E-state index is 11.9. The van der Waals surface area contributed by atoms with E-state index in [1.165, 1.54) is 18.4 Å². The van der Waals surface area contributed by atoms with Crippen LogP contribution in [0, 0.1) is 0 Å². The van der Waals surface area contributed by atoms with E-state index in [4.69, 9.17) is 4.74 Å². The number of hydrogen-bond acceptors (Lipinski definition) is 5. The number of thiophene rings is 1. The summed E-state index contributed by atoms with van der Waals surface area (Å²) in [6.07, 6.45) is 1.06. The van der Waals surface area contributed by atoms with Crippen LogP contribution >= 0.6 is 11.3 Å². The van der Waals surface area contributed by atoms with E-state index < -0.39 is 10.0 Å². The third-order valence-electron chi connectivity index (χ3n) is 2.26. The highest BCUT2D eigenvalue weighted by Gasteiger charge is 2.15. The maximum Gasteiger partial charge on any atom is 0.241 e. The third kappa shape index (κ3) is 5.03.